The van der Waals surface area contributed by atoms with Crippen molar-refractivity contribution in [1.82, 2.24) is 0 Å². The standard InChI is InChI=1S/C11H14BrNO2S/c1-11(2)7-13(16(3,14)15)10-5-4-8(12)6-9(10)11/h4-6H,7H2,1-3H3. The second kappa shape index (κ2) is 3.47. The largest absolute Gasteiger partial charge is 0.269 e. The molecule has 16 heavy (non-hydrogen) atoms. The van der Waals surface area contributed by atoms with E-state index in [1.807, 2.05) is 18.2 Å². The van der Waals surface area contributed by atoms with Gasteiger partial charge in [0.2, 0.25) is 10.0 Å². The molecule has 1 aliphatic rings. The summed E-state index contributed by atoms with van der Waals surface area (Å²) in [6.07, 6.45) is 1.25. The minimum Gasteiger partial charge on any atom is -0.269 e. The Kier molecular flexibility index (Phi) is 2.58. The van der Waals surface area contributed by atoms with Gasteiger partial charge in [0.05, 0.1) is 11.9 Å². The Morgan fingerprint density at radius 2 is 2.00 bits per heavy atom. The normalized spacial score (nSPS) is 18.6. The van der Waals surface area contributed by atoms with Crippen molar-refractivity contribution in [1.29, 1.82) is 0 Å². The number of sulfonamides is 1. The first-order valence-corrected chi connectivity index (χ1v) is 7.64. The third-order valence-corrected chi connectivity index (χ3v) is 4.52. The Morgan fingerprint density at radius 3 is 2.56 bits per heavy atom. The summed E-state index contributed by atoms with van der Waals surface area (Å²) in [4.78, 5) is 0. The van der Waals surface area contributed by atoms with Crippen LogP contribution in [0.2, 0.25) is 0 Å². The van der Waals surface area contributed by atoms with Crippen molar-refractivity contribution in [3.63, 3.8) is 0 Å². The van der Waals surface area contributed by atoms with Gasteiger partial charge in [-0.15, -0.1) is 0 Å². The molecule has 1 aliphatic heterocycles. The van der Waals surface area contributed by atoms with Gasteiger partial charge in [0, 0.05) is 16.4 Å². The Labute approximate surface area is 105 Å². The van der Waals surface area contributed by atoms with Crippen LogP contribution >= 0.6 is 15.9 Å². The lowest BCUT2D eigenvalue weighted by atomic mass is 9.87. The summed E-state index contributed by atoms with van der Waals surface area (Å²) in [6.45, 7) is 4.63. The van der Waals surface area contributed by atoms with E-state index in [2.05, 4.69) is 29.8 Å². The summed E-state index contributed by atoms with van der Waals surface area (Å²) >= 11 is 3.42. The predicted molar refractivity (Wildman–Crippen MR) is 69.4 cm³/mol. The van der Waals surface area contributed by atoms with E-state index >= 15 is 0 Å². The molecule has 0 saturated heterocycles. The van der Waals surface area contributed by atoms with Crippen LogP contribution in [0, 0.1) is 0 Å². The van der Waals surface area contributed by atoms with Gasteiger partial charge in [-0.3, -0.25) is 4.31 Å². The number of fused-ring (bicyclic) bond motifs is 1. The smallest absolute Gasteiger partial charge is 0.232 e. The van der Waals surface area contributed by atoms with Gasteiger partial charge < -0.3 is 0 Å². The number of rotatable bonds is 1. The molecule has 0 aliphatic carbocycles. The van der Waals surface area contributed by atoms with Crippen molar-refractivity contribution in [3.05, 3.63) is 28.2 Å². The quantitative estimate of drug-likeness (QED) is 0.799. The molecule has 88 valence electrons. The minimum absolute atomic E-state index is 0.137. The predicted octanol–water partition coefficient (Wildman–Crippen LogP) is 2.51. The highest BCUT2D eigenvalue weighted by molar-refractivity contribution is 9.10. The summed E-state index contributed by atoms with van der Waals surface area (Å²) in [7, 11) is -3.18. The summed E-state index contributed by atoms with van der Waals surface area (Å²) in [5.41, 5.74) is 1.74. The average molecular weight is 304 g/mol. The van der Waals surface area contributed by atoms with Crippen LogP contribution in [0.1, 0.15) is 19.4 Å². The van der Waals surface area contributed by atoms with Crippen molar-refractivity contribution in [2.24, 2.45) is 0 Å². The van der Waals surface area contributed by atoms with E-state index in [1.54, 1.807) is 0 Å². The molecular weight excluding hydrogens is 290 g/mol. The van der Waals surface area contributed by atoms with Crippen molar-refractivity contribution < 1.29 is 8.42 Å². The average Bonchev–Trinajstić information content (AvgIpc) is 2.38. The number of halogens is 1. The van der Waals surface area contributed by atoms with Crippen LogP contribution in [-0.4, -0.2) is 21.2 Å². The van der Waals surface area contributed by atoms with E-state index in [-0.39, 0.29) is 5.41 Å². The van der Waals surface area contributed by atoms with Crippen LogP contribution in [0.4, 0.5) is 5.69 Å². The Hall–Kier alpha value is -0.550. The molecule has 0 atom stereocenters. The molecule has 0 saturated carbocycles. The van der Waals surface area contributed by atoms with Crippen LogP contribution in [0.25, 0.3) is 0 Å². The Balaban J connectivity index is 2.64. The molecule has 0 amide bonds. The molecule has 0 aromatic heterocycles. The third-order valence-electron chi connectivity index (χ3n) is 2.90. The highest BCUT2D eigenvalue weighted by Crippen LogP contribution is 2.42. The topological polar surface area (TPSA) is 37.4 Å². The maximum absolute atomic E-state index is 11.7. The van der Waals surface area contributed by atoms with E-state index in [4.69, 9.17) is 0 Å². The lowest BCUT2D eigenvalue weighted by Crippen LogP contribution is -2.32. The van der Waals surface area contributed by atoms with E-state index in [0.717, 1.165) is 15.7 Å². The molecule has 1 heterocycles. The molecule has 0 N–H and O–H groups in total. The van der Waals surface area contributed by atoms with E-state index in [1.165, 1.54) is 10.6 Å². The fourth-order valence-electron chi connectivity index (χ4n) is 2.09. The van der Waals surface area contributed by atoms with Crippen LogP contribution in [-0.2, 0) is 15.4 Å². The van der Waals surface area contributed by atoms with Gasteiger partial charge in [-0.2, -0.15) is 0 Å². The zero-order valence-electron chi connectivity index (χ0n) is 9.49. The Bertz CT molecular complexity index is 537. The van der Waals surface area contributed by atoms with Crippen molar-refractivity contribution >= 4 is 31.6 Å². The van der Waals surface area contributed by atoms with Crippen LogP contribution in [0.5, 0.6) is 0 Å². The molecule has 2 rings (SSSR count). The number of anilines is 1. The van der Waals surface area contributed by atoms with Gasteiger partial charge in [-0.05, 0) is 23.8 Å². The summed E-state index contributed by atoms with van der Waals surface area (Å²) in [5.74, 6) is 0. The molecule has 0 fully saturated rings. The number of benzene rings is 1. The fourth-order valence-corrected chi connectivity index (χ4v) is 3.53. The van der Waals surface area contributed by atoms with Gasteiger partial charge in [-0.25, -0.2) is 8.42 Å². The zero-order chi connectivity index (χ0) is 12.1. The zero-order valence-corrected chi connectivity index (χ0v) is 11.9. The molecule has 0 spiro atoms. The molecule has 1 aromatic rings. The monoisotopic (exact) mass is 303 g/mol. The van der Waals surface area contributed by atoms with Crippen LogP contribution < -0.4 is 4.31 Å². The molecule has 0 bridgehead atoms. The number of hydrogen-bond donors (Lipinski definition) is 0. The molecule has 1 aromatic carbocycles. The lowest BCUT2D eigenvalue weighted by Gasteiger charge is -2.20. The van der Waals surface area contributed by atoms with Gasteiger partial charge in [-0.1, -0.05) is 29.8 Å². The number of nitrogens with zero attached hydrogens (tertiary/aromatic N) is 1. The number of hydrogen-bond acceptors (Lipinski definition) is 2. The second-order valence-electron chi connectivity index (χ2n) is 4.81. The first-order valence-electron chi connectivity index (χ1n) is 4.99. The SMILES string of the molecule is CC1(C)CN(S(C)(=O)=O)c2ccc(Br)cc21. The van der Waals surface area contributed by atoms with Crippen molar-refractivity contribution in [3.8, 4) is 0 Å². The Morgan fingerprint density at radius 1 is 1.38 bits per heavy atom. The third kappa shape index (κ3) is 1.86. The van der Waals surface area contributed by atoms with Crippen LogP contribution in [0.15, 0.2) is 22.7 Å². The minimum atomic E-state index is -3.18. The first kappa shape index (κ1) is 11.9. The van der Waals surface area contributed by atoms with E-state index < -0.39 is 10.0 Å². The van der Waals surface area contributed by atoms with Crippen LogP contribution in [0.3, 0.4) is 0 Å². The van der Waals surface area contributed by atoms with Crippen molar-refractivity contribution in [2.45, 2.75) is 19.3 Å². The molecule has 0 radical (unpaired) electrons. The lowest BCUT2D eigenvalue weighted by molar-refractivity contribution is 0.557. The van der Waals surface area contributed by atoms with Crippen molar-refractivity contribution in [2.75, 3.05) is 17.1 Å². The van der Waals surface area contributed by atoms with E-state index in [9.17, 15) is 8.42 Å². The highest BCUT2D eigenvalue weighted by atomic mass is 79.9. The van der Waals surface area contributed by atoms with Gasteiger partial charge in [0.15, 0.2) is 0 Å². The van der Waals surface area contributed by atoms with Gasteiger partial charge in [0.1, 0.15) is 0 Å². The first-order chi connectivity index (χ1) is 7.22. The molecule has 0 unspecified atom stereocenters. The fraction of sp³-hybridized carbons (Fsp3) is 0.455. The van der Waals surface area contributed by atoms with Gasteiger partial charge in [0.25, 0.3) is 0 Å². The molecular formula is C11H14BrNO2S. The molecule has 3 nitrogen and oxygen atoms in total. The molecule has 5 heteroatoms. The second-order valence-corrected chi connectivity index (χ2v) is 7.64. The summed E-state index contributed by atoms with van der Waals surface area (Å²) in [5, 5.41) is 0. The highest BCUT2D eigenvalue weighted by Gasteiger charge is 2.38. The van der Waals surface area contributed by atoms with Gasteiger partial charge >= 0.3 is 0 Å². The summed E-state index contributed by atoms with van der Waals surface area (Å²) in [6, 6.07) is 5.73. The summed E-state index contributed by atoms with van der Waals surface area (Å²) < 4.78 is 25.8. The van der Waals surface area contributed by atoms with E-state index in [0.29, 0.717) is 6.54 Å². The maximum atomic E-state index is 11.7. The maximum Gasteiger partial charge on any atom is 0.232 e.